The third-order valence-electron chi connectivity index (χ3n) is 4.84. The first-order valence-electron chi connectivity index (χ1n) is 9.71. The van der Waals surface area contributed by atoms with Gasteiger partial charge in [-0.3, -0.25) is 9.19 Å². The van der Waals surface area contributed by atoms with E-state index >= 15 is 0 Å². The molecule has 0 saturated heterocycles. The van der Waals surface area contributed by atoms with Gasteiger partial charge in [-0.15, -0.1) is 0 Å². The van der Waals surface area contributed by atoms with E-state index in [1.165, 1.54) is 24.4 Å². The zero-order valence-corrected chi connectivity index (χ0v) is 18.6. The molecule has 0 aliphatic heterocycles. The van der Waals surface area contributed by atoms with E-state index in [1.54, 1.807) is 24.4 Å². The Labute approximate surface area is 196 Å². The predicted molar refractivity (Wildman–Crippen MR) is 125 cm³/mol. The van der Waals surface area contributed by atoms with Crippen molar-refractivity contribution in [2.45, 2.75) is 12.3 Å². The number of aromatic nitrogens is 2. The Balaban J connectivity index is 1.60. The van der Waals surface area contributed by atoms with Crippen molar-refractivity contribution in [1.29, 1.82) is 5.26 Å². The number of rotatable bonds is 7. The SMILES string of the molecule is N#Cc1cnc2cnc(NCc3ccc(CS(=O)[O-])cc3)cc2c1Nc1ccc(F)c(Cl)c1. The van der Waals surface area contributed by atoms with Gasteiger partial charge >= 0.3 is 0 Å². The number of nitriles is 1. The van der Waals surface area contributed by atoms with E-state index in [-0.39, 0.29) is 10.8 Å². The molecule has 0 aliphatic carbocycles. The third kappa shape index (κ3) is 5.43. The number of benzene rings is 2. The molecule has 0 amide bonds. The molecule has 0 bridgehead atoms. The first kappa shape index (κ1) is 22.6. The van der Waals surface area contributed by atoms with Gasteiger partial charge in [0.05, 0.1) is 28.0 Å². The number of fused-ring (bicyclic) bond motifs is 1. The standard InChI is InChI=1S/C23H17ClFN5O2S/c24-19-7-17(5-6-20(19)25)30-23-16(9-26)11-27-21-12-29-22(8-18(21)23)28-10-14-1-3-15(4-2-14)13-33(31)32/h1-8,11-12H,10,13H2,(H,27,30)(H,28,29)(H,31,32)/p-1. The smallest absolute Gasteiger partial charge is 0.141 e. The summed E-state index contributed by atoms with van der Waals surface area (Å²) < 4.78 is 35.2. The summed E-state index contributed by atoms with van der Waals surface area (Å²) in [5, 5.41) is 16.5. The van der Waals surface area contributed by atoms with Crippen molar-refractivity contribution >= 4 is 50.8 Å². The zero-order chi connectivity index (χ0) is 23.4. The second-order valence-corrected chi connectivity index (χ2v) is 8.42. The molecule has 2 heterocycles. The summed E-state index contributed by atoms with van der Waals surface area (Å²) in [6.07, 6.45) is 3.04. The van der Waals surface area contributed by atoms with Crippen molar-refractivity contribution in [3.05, 3.63) is 88.5 Å². The van der Waals surface area contributed by atoms with Crippen LogP contribution in [-0.2, 0) is 23.4 Å². The molecule has 0 saturated carbocycles. The predicted octanol–water partition coefficient (Wildman–Crippen LogP) is 5.03. The van der Waals surface area contributed by atoms with Gasteiger partial charge in [-0.05, 0) is 35.4 Å². The minimum absolute atomic E-state index is 0.0246. The Kier molecular flexibility index (Phi) is 6.79. The van der Waals surface area contributed by atoms with Gasteiger partial charge in [0.25, 0.3) is 0 Å². The monoisotopic (exact) mass is 480 g/mol. The summed E-state index contributed by atoms with van der Waals surface area (Å²) in [4.78, 5) is 8.66. The Morgan fingerprint density at radius 1 is 1.09 bits per heavy atom. The lowest BCUT2D eigenvalue weighted by Gasteiger charge is -2.13. The van der Waals surface area contributed by atoms with E-state index < -0.39 is 16.9 Å². The van der Waals surface area contributed by atoms with Crippen molar-refractivity contribution < 1.29 is 13.2 Å². The van der Waals surface area contributed by atoms with Crippen LogP contribution < -0.4 is 10.6 Å². The lowest BCUT2D eigenvalue weighted by molar-refractivity contribution is 0.536. The van der Waals surface area contributed by atoms with E-state index in [0.29, 0.717) is 45.8 Å². The van der Waals surface area contributed by atoms with E-state index in [1.807, 2.05) is 12.1 Å². The molecule has 2 aromatic heterocycles. The molecule has 10 heteroatoms. The van der Waals surface area contributed by atoms with Crippen LogP contribution in [0, 0.1) is 17.1 Å². The van der Waals surface area contributed by atoms with Crippen LogP contribution in [0.1, 0.15) is 16.7 Å². The van der Waals surface area contributed by atoms with Crippen LogP contribution in [0.25, 0.3) is 10.9 Å². The number of pyridine rings is 2. The second-order valence-electron chi connectivity index (χ2n) is 7.12. The van der Waals surface area contributed by atoms with Gasteiger partial charge < -0.3 is 15.2 Å². The van der Waals surface area contributed by atoms with Crippen molar-refractivity contribution in [2.24, 2.45) is 0 Å². The zero-order valence-electron chi connectivity index (χ0n) is 17.0. The van der Waals surface area contributed by atoms with Gasteiger partial charge in [-0.25, -0.2) is 9.37 Å². The van der Waals surface area contributed by atoms with Gasteiger partial charge in [0.1, 0.15) is 17.7 Å². The normalized spacial score (nSPS) is 11.7. The Morgan fingerprint density at radius 2 is 1.85 bits per heavy atom. The van der Waals surface area contributed by atoms with Crippen LogP contribution in [0.3, 0.4) is 0 Å². The fourth-order valence-corrected chi connectivity index (χ4v) is 3.86. The molecule has 0 aliphatic rings. The minimum Gasteiger partial charge on any atom is -0.772 e. The quantitative estimate of drug-likeness (QED) is 0.356. The summed E-state index contributed by atoms with van der Waals surface area (Å²) in [5.74, 6) is 0.0000663. The van der Waals surface area contributed by atoms with E-state index in [2.05, 4.69) is 26.7 Å². The van der Waals surface area contributed by atoms with Gasteiger partial charge in [-0.1, -0.05) is 46.9 Å². The lowest BCUT2D eigenvalue weighted by Crippen LogP contribution is -2.03. The van der Waals surface area contributed by atoms with E-state index in [4.69, 9.17) is 11.6 Å². The number of hydrogen-bond acceptors (Lipinski definition) is 7. The first-order chi connectivity index (χ1) is 15.9. The van der Waals surface area contributed by atoms with Gasteiger partial charge in [0, 0.05) is 29.6 Å². The molecule has 4 aromatic rings. The minimum atomic E-state index is -2.13. The van der Waals surface area contributed by atoms with Gasteiger partial charge in [0.15, 0.2) is 0 Å². The van der Waals surface area contributed by atoms with Crippen LogP contribution in [-0.4, -0.2) is 18.7 Å². The van der Waals surface area contributed by atoms with Gasteiger partial charge in [0.2, 0.25) is 0 Å². The summed E-state index contributed by atoms with van der Waals surface area (Å²) in [5.41, 5.74) is 3.57. The largest absolute Gasteiger partial charge is 0.772 e. The molecule has 7 nitrogen and oxygen atoms in total. The molecule has 2 N–H and O–H groups in total. The Hall–Kier alpha value is -3.58. The maximum absolute atomic E-state index is 13.5. The highest BCUT2D eigenvalue weighted by Crippen LogP contribution is 2.31. The van der Waals surface area contributed by atoms with Crippen LogP contribution >= 0.6 is 11.6 Å². The Bertz CT molecular complexity index is 1390. The summed E-state index contributed by atoms with van der Waals surface area (Å²) in [7, 11) is 0. The van der Waals surface area contributed by atoms with Crippen LogP contribution in [0.4, 0.5) is 21.6 Å². The average Bonchev–Trinajstić information content (AvgIpc) is 2.81. The molecular weight excluding hydrogens is 465 g/mol. The average molecular weight is 481 g/mol. The summed E-state index contributed by atoms with van der Waals surface area (Å²) in [6, 6.07) is 15.3. The molecule has 0 spiro atoms. The van der Waals surface area contributed by atoms with Crippen molar-refractivity contribution in [3.8, 4) is 6.07 Å². The molecule has 0 fully saturated rings. The molecule has 2 aromatic carbocycles. The van der Waals surface area contributed by atoms with E-state index in [9.17, 15) is 18.4 Å². The lowest BCUT2D eigenvalue weighted by atomic mass is 10.1. The number of nitrogens with one attached hydrogen (secondary N) is 2. The van der Waals surface area contributed by atoms with Crippen molar-refractivity contribution in [2.75, 3.05) is 10.6 Å². The molecule has 0 radical (unpaired) electrons. The van der Waals surface area contributed by atoms with Crippen LogP contribution in [0.5, 0.6) is 0 Å². The highest BCUT2D eigenvalue weighted by Gasteiger charge is 2.12. The molecular formula is C23H16ClFN5O2S-. The van der Waals surface area contributed by atoms with Crippen molar-refractivity contribution in [3.63, 3.8) is 0 Å². The maximum atomic E-state index is 13.5. The molecule has 33 heavy (non-hydrogen) atoms. The molecule has 166 valence electrons. The highest BCUT2D eigenvalue weighted by atomic mass is 35.5. The number of nitrogens with zero attached hydrogens (tertiary/aromatic N) is 3. The van der Waals surface area contributed by atoms with Crippen molar-refractivity contribution in [1.82, 2.24) is 9.97 Å². The number of halogens is 2. The molecule has 4 rings (SSSR count). The number of hydrogen-bond donors (Lipinski definition) is 2. The summed E-state index contributed by atoms with van der Waals surface area (Å²) >= 11 is 3.76. The highest BCUT2D eigenvalue weighted by molar-refractivity contribution is 7.78. The number of anilines is 3. The van der Waals surface area contributed by atoms with Crippen LogP contribution in [0.15, 0.2) is 60.9 Å². The first-order valence-corrected chi connectivity index (χ1v) is 11.3. The Morgan fingerprint density at radius 3 is 2.55 bits per heavy atom. The second kappa shape index (κ2) is 9.92. The fourth-order valence-electron chi connectivity index (χ4n) is 3.21. The fraction of sp³-hybridized carbons (Fsp3) is 0.0870. The molecule has 1 atom stereocenters. The topological polar surface area (TPSA) is 114 Å². The van der Waals surface area contributed by atoms with Gasteiger partial charge in [-0.2, -0.15) is 5.26 Å². The van der Waals surface area contributed by atoms with Crippen LogP contribution in [0.2, 0.25) is 5.02 Å². The molecule has 1 unspecified atom stereocenters. The maximum Gasteiger partial charge on any atom is 0.141 e. The van der Waals surface area contributed by atoms with E-state index in [0.717, 1.165) is 5.56 Å². The summed E-state index contributed by atoms with van der Waals surface area (Å²) in [6.45, 7) is 0.459. The third-order valence-corrected chi connectivity index (χ3v) is 5.70.